The first-order valence-corrected chi connectivity index (χ1v) is 13.2. The standard InChI is InChI=1S/C34H27NO6/c1-40-28-18-22(15-16-27(28)41-19-20-9-3-2-4-10-20)29(30-23-12-6-5-11-21(23)17-25(30)33(36)37)31-24-13-7-8-14-26(24)35-32(31)34(38)39/h2-16,18,29,35H,17,19H2,1H3,(H,36,37)(H,38,39). The van der Waals surface area contributed by atoms with Crippen LogP contribution in [-0.2, 0) is 17.8 Å². The lowest BCUT2D eigenvalue weighted by atomic mass is 9.79. The number of carboxylic acids is 2. The predicted molar refractivity (Wildman–Crippen MR) is 156 cm³/mol. The fraction of sp³-hybridized carbons (Fsp3) is 0.118. The Morgan fingerprint density at radius 2 is 1.59 bits per heavy atom. The number of hydrogen-bond donors (Lipinski definition) is 3. The fourth-order valence-electron chi connectivity index (χ4n) is 5.73. The molecule has 0 bridgehead atoms. The molecule has 3 N–H and O–H groups in total. The van der Waals surface area contributed by atoms with Crippen LogP contribution >= 0.6 is 0 Å². The Hall–Kier alpha value is -5.30. The van der Waals surface area contributed by atoms with Crippen LogP contribution in [0.2, 0.25) is 0 Å². The van der Waals surface area contributed by atoms with Crippen LogP contribution in [0, 0.1) is 0 Å². The van der Waals surface area contributed by atoms with Crippen LogP contribution < -0.4 is 9.47 Å². The average molecular weight is 546 g/mol. The molecule has 7 nitrogen and oxygen atoms in total. The molecule has 0 amide bonds. The van der Waals surface area contributed by atoms with Gasteiger partial charge in [0.2, 0.25) is 0 Å². The van der Waals surface area contributed by atoms with E-state index >= 15 is 0 Å². The van der Waals surface area contributed by atoms with Gasteiger partial charge in [0.05, 0.1) is 7.11 Å². The summed E-state index contributed by atoms with van der Waals surface area (Å²) < 4.78 is 11.8. The summed E-state index contributed by atoms with van der Waals surface area (Å²) in [7, 11) is 1.55. The topological polar surface area (TPSA) is 109 Å². The molecule has 0 fully saturated rings. The van der Waals surface area contributed by atoms with Crippen molar-refractivity contribution in [2.24, 2.45) is 0 Å². The van der Waals surface area contributed by atoms with Gasteiger partial charge in [-0.15, -0.1) is 0 Å². The highest BCUT2D eigenvalue weighted by atomic mass is 16.5. The number of H-pyrrole nitrogens is 1. The molecule has 1 atom stereocenters. The number of ether oxygens (including phenoxy) is 2. The van der Waals surface area contributed by atoms with Crippen molar-refractivity contribution in [1.82, 2.24) is 4.98 Å². The van der Waals surface area contributed by atoms with Gasteiger partial charge in [-0.2, -0.15) is 0 Å². The molecule has 1 heterocycles. The van der Waals surface area contributed by atoms with Gasteiger partial charge in [-0.25, -0.2) is 9.59 Å². The van der Waals surface area contributed by atoms with E-state index < -0.39 is 17.9 Å². The van der Waals surface area contributed by atoms with E-state index in [4.69, 9.17) is 9.47 Å². The van der Waals surface area contributed by atoms with E-state index in [2.05, 4.69) is 4.98 Å². The van der Waals surface area contributed by atoms with Crippen LogP contribution in [0.5, 0.6) is 11.5 Å². The van der Waals surface area contributed by atoms with Crippen LogP contribution in [0.4, 0.5) is 0 Å². The molecule has 1 aromatic heterocycles. The summed E-state index contributed by atoms with van der Waals surface area (Å²) in [6.07, 6.45) is 0.248. The van der Waals surface area contributed by atoms with E-state index in [0.29, 0.717) is 45.7 Å². The van der Waals surface area contributed by atoms with Crippen LogP contribution in [0.3, 0.4) is 0 Å². The molecule has 0 aliphatic heterocycles. The van der Waals surface area contributed by atoms with Crippen molar-refractivity contribution in [3.05, 3.63) is 136 Å². The Kier molecular flexibility index (Phi) is 6.77. The number of aliphatic carboxylic acids is 1. The summed E-state index contributed by atoms with van der Waals surface area (Å²) >= 11 is 0. The predicted octanol–water partition coefficient (Wildman–Crippen LogP) is 6.68. The Bertz CT molecular complexity index is 1820. The first kappa shape index (κ1) is 26.0. The Labute approximate surface area is 236 Å². The highest BCUT2D eigenvalue weighted by Crippen LogP contribution is 2.49. The minimum atomic E-state index is -1.13. The van der Waals surface area contributed by atoms with E-state index in [0.717, 1.165) is 16.7 Å². The molecule has 7 heteroatoms. The zero-order valence-electron chi connectivity index (χ0n) is 22.3. The van der Waals surface area contributed by atoms with Gasteiger partial charge in [0.15, 0.2) is 11.5 Å². The summed E-state index contributed by atoms with van der Waals surface area (Å²) in [6.45, 7) is 0.341. The first-order valence-electron chi connectivity index (χ1n) is 13.2. The minimum absolute atomic E-state index is 0.0150. The van der Waals surface area contributed by atoms with Crippen molar-refractivity contribution < 1.29 is 29.3 Å². The van der Waals surface area contributed by atoms with Gasteiger partial charge in [0.1, 0.15) is 12.3 Å². The number of methoxy groups -OCH3 is 1. The quantitative estimate of drug-likeness (QED) is 0.191. The SMILES string of the molecule is COc1cc(C(C2=C(C(=O)O)Cc3ccccc32)c2c(C(=O)O)[nH]c3ccccc23)ccc1OCc1ccccc1. The van der Waals surface area contributed by atoms with Crippen molar-refractivity contribution in [2.75, 3.05) is 7.11 Å². The van der Waals surface area contributed by atoms with Crippen LogP contribution in [-0.4, -0.2) is 34.2 Å². The van der Waals surface area contributed by atoms with Gasteiger partial charge in [0.25, 0.3) is 0 Å². The molecule has 204 valence electrons. The van der Waals surface area contributed by atoms with E-state index in [1.165, 1.54) is 0 Å². The fourth-order valence-corrected chi connectivity index (χ4v) is 5.73. The molecule has 6 rings (SSSR count). The van der Waals surface area contributed by atoms with Gasteiger partial charge < -0.3 is 24.7 Å². The van der Waals surface area contributed by atoms with Crippen LogP contribution in [0.1, 0.15) is 44.2 Å². The van der Waals surface area contributed by atoms with Crippen molar-refractivity contribution in [1.29, 1.82) is 0 Å². The molecule has 1 aliphatic carbocycles. The highest BCUT2D eigenvalue weighted by Gasteiger charge is 2.36. The van der Waals surface area contributed by atoms with E-state index in [9.17, 15) is 19.8 Å². The van der Waals surface area contributed by atoms with Gasteiger partial charge in [-0.05, 0) is 46.0 Å². The van der Waals surface area contributed by atoms with Gasteiger partial charge >= 0.3 is 11.9 Å². The third-order valence-electron chi connectivity index (χ3n) is 7.55. The van der Waals surface area contributed by atoms with E-state index in [1.54, 1.807) is 13.2 Å². The van der Waals surface area contributed by atoms with E-state index in [-0.39, 0.29) is 17.7 Å². The maximum atomic E-state index is 12.6. The zero-order chi connectivity index (χ0) is 28.5. The molecule has 5 aromatic rings. The van der Waals surface area contributed by atoms with E-state index in [1.807, 2.05) is 91.0 Å². The molecular formula is C34H27NO6. The second kappa shape index (κ2) is 10.7. The zero-order valence-corrected chi connectivity index (χ0v) is 22.3. The van der Waals surface area contributed by atoms with Gasteiger partial charge in [-0.3, -0.25) is 0 Å². The molecule has 4 aromatic carbocycles. The number of para-hydroxylation sites is 1. The van der Waals surface area contributed by atoms with Crippen molar-refractivity contribution in [2.45, 2.75) is 18.9 Å². The Morgan fingerprint density at radius 1 is 0.854 bits per heavy atom. The number of carboxylic acid groups (broad SMARTS) is 2. The molecule has 0 radical (unpaired) electrons. The molecular weight excluding hydrogens is 518 g/mol. The largest absolute Gasteiger partial charge is 0.493 e. The average Bonchev–Trinajstić information content (AvgIpc) is 3.57. The molecule has 0 saturated carbocycles. The Morgan fingerprint density at radius 3 is 2.34 bits per heavy atom. The lowest BCUT2D eigenvalue weighted by molar-refractivity contribution is -0.132. The smallest absolute Gasteiger partial charge is 0.352 e. The molecule has 0 saturated heterocycles. The van der Waals surface area contributed by atoms with Crippen LogP contribution in [0.25, 0.3) is 16.5 Å². The lowest BCUT2D eigenvalue weighted by Gasteiger charge is -2.23. The number of benzene rings is 4. The number of aromatic amines is 1. The Balaban J connectivity index is 1.57. The van der Waals surface area contributed by atoms with Crippen molar-refractivity contribution in [3.8, 4) is 11.5 Å². The molecule has 1 unspecified atom stereocenters. The highest BCUT2D eigenvalue weighted by molar-refractivity contribution is 6.06. The normalized spacial score (nSPS) is 13.2. The summed E-state index contributed by atoms with van der Waals surface area (Å²) in [5.74, 6) is -1.89. The number of nitrogens with one attached hydrogen (secondary N) is 1. The van der Waals surface area contributed by atoms with Gasteiger partial charge in [-0.1, -0.05) is 78.9 Å². The summed E-state index contributed by atoms with van der Waals surface area (Å²) in [5.41, 5.74) is 5.34. The molecule has 1 aliphatic rings. The number of aromatic carboxylic acids is 1. The molecule has 0 spiro atoms. The maximum absolute atomic E-state index is 12.6. The van der Waals surface area contributed by atoms with Gasteiger partial charge in [0, 0.05) is 34.4 Å². The maximum Gasteiger partial charge on any atom is 0.352 e. The van der Waals surface area contributed by atoms with Crippen LogP contribution in [0.15, 0.2) is 103 Å². The number of hydrogen-bond acceptors (Lipinski definition) is 4. The number of rotatable bonds is 9. The number of allylic oxidation sites excluding steroid dienone is 1. The first-order chi connectivity index (χ1) is 20.0. The third kappa shape index (κ3) is 4.72. The second-order valence-electron chi connectivity index (χ2n) is 9.91. The monoisotopic (exact) mass is 545 g/mol. The van der Waals surface area contributed by atoms with Crippen molar-refractivity contribution in [3.63, 3.8) is 0 Å². The summed E-state index contributed by atoms with van der Waals surface area (Å²) in [4.78, 5) is 28.3. The molecule has 41 heavy (non-hydrogen) atoms. The number of carbonyl (C=O) groups is 2. The minimum Gasteiger partial charge on any atom is -0.493 e. The summed E-state index contributed by atoms with van der Waals surface area (Å²) in [5, 5.41) is 21.3. The second-order valence-corrected chi connectivity index (χ2v) is 9.91. The number of fused-ring (bicyclic) bond motifs is 2. The number of aromatic nitrogens is 1. The third-order valence-corrected chi connectivity index (χ3v) is 7.55. The van der Waals surface area contributed by atoms with Crippen molar-refractivity contribution >= 4 is 28.4 Å². The lowest BCUT2D eigenvalue weighted by Crippen LogP contribution is -2.13. The summed E-state index contributed by atoms with van der Waals surface area (Å²) in [6, 6.07) is 30.1.